The summed E-state index contributed by atoms with van der Waals surface area (Å²) in [6.45, 7) is 3.21. The SMILES string of the molecule is CC(C)NC(=O)COC(=O)c1ccc(Oc2ccc(Cl)cc2[N+](=O)[O-])cc1. The molecule has 0 spiro atoms. The highest BCUT2D eigenvalue weighted by Gasteiger charge is 2.17. The number of carbonyl (C=O) groups excluding carboxylic acids is 2. The molecule has 9 heteroatoms. The number of nitro benzene ring substituents is 1. The molecule has 0 saturated heterocycles. The summed E-state index contributed by atoms with van der Waals surface area (Å²) < 4.78 is 10.4. The van der Waals surface area contributed by atoms with Gasteiger partial charge in [-0.1, -0.05) is 11.6 Å². The lowest BCUT2D eigenvalue weighted by Crippen LogP contribution is -2.33. The van der Waals surface area contributed by atoms with Crippen LogP contribution in [-0.2, 0) is 9.53 Å². The Morgan fingerprint density at radius 2 is 1.85 bits per heavy atom. The first-order chi connectivity index (χ1) is 12.8. The molecular weight excluding hydrogens is 376 g/mol. The van der Waals surface area contributed by atoms with Gasteiger partial charge in [0.25, 0.3) is 5.91 Å². The van der Waals surface area contributed by atoms with Crippen LogP contribution in [0.25, 0.3) is 0 Å². The van der Waals surface area contributed by atoms with Gasteiger partial charge in [-0.15, -0.1) is 0 Å². The minimum absolute atomic E-state index is 0.0186. The molecule has 0 aromatic heterocycles. The minimum atomic E-state index is -0.669. The molecule has 0 unspecified atom stereocenters. The Balaban J connectivity index is 2.02. The maximum atomic E-state index is 11.9. The molecule has 0 saturated carbocycles. The highest BCUT2D eigenvalue weighted by molar-refractivity contribution is 6.30. The number of amides is 1. The lowest BCUT2D eigenvalue weighted by Gasteiger charge is -2.09. The van der Waals surface area contributed by atoms with Gasteiger partial charge in [-0.3, -0.25) is 14.9 Å². The molecule has 27 heavy (non-hydrogen) atoms. The van der Waals surface area contributed by atoms with Gasteiger partial charge in [-0.05, 0) is 50.2 Å². The predicted octanol–water partition coefficient (Wildman–Crippen LogP) is 3.72. The maximum Gasteiger partial charge on any atom is 0.338 e. The zero-order chi connectivity index (χ0) is 20.0. The number of nitro groups is 1. The largest absolute Gasteiger partial charge is 0.452 e. The quantitative estimate of drug-likeness (QED) is 0.437. The van der Waals surface area contributed by atoms with Crippen LogP contribution in [0.3, 0.4) is 0 Å². The molecule has 142 valence electrons. The maximum absolute atomic E-state index is 11.9. The normalized spacial score (nSPS) is 10.4. The van der Waals surface area contributed by atoms with E-state index in [1.807, 2.05) is 0 Å². The lowest BCUT2D eigenvalue weighted by atomic mass is 10.2. The zero-order valence-electron chi connectivity index (χ0n) is 14.6. The van der Waals surface area contributed by atoms with Crippen molar-refractivity contribution in [3.63, 3.8) is 0 Å². The second kappa shape index (κ2) is 9.00. The molecule has 0 aliphatic carbocycles. The van der Waals surface area contributed by atoms with E-state index in [2.05, 4.69) is 5.32 Å². The number of carbonyl (C=O) groups is 2. The van der Waals surface area contributed by atoms with E-state index in [-0.39, 0.29) is 40.4 Å². The van der Waals surface area contributed by atoms with Crippen LogP contribution in [-0.4, -0.2) is 29.4 Å². The smallest absolute Gasteiger partial charge is 0.338 e. The van der Waals surface area contributed by atoms with E-state index in [9.17, 15) is 19.7 Å². The number of nitrogens with one attached hydrogen (secondary N) is 1. The summed E-state index contributed by atoms with van der Waals surface area (Å²) in [5.74, 6) is -0.758. The fourth-order valence-corrected chi connectivity index (χ4v) is 2.25. The summed E-state index contributed by atoms with van der Waals surface area (Å²) in [7, 11) is 0. The third-order valence-electron chi connectivity index (χ3n) is 3.22. The average Bonchev–Trinajstić information content (AvgIpc) is 2.61. The van der Waals surface area contributed by atoms with Crippen molar-refractivity contribution < 1.29 is 24.0 Å². The molecular formula is C18H17ClN2O6. The average molecular weight is 393 g/mol. The van der Waals surface area contributed by atoms with Crippen molar-refractivity contribution in [3.8, 4) is 11.5 Å². The fourth-order valence-electron chi connectivity index (χ4n) is 2.08. The summed E-state index contributed by atoms with van der Waals surface area (Å²) >= 11 is 5.76. The molecule has 0 heterocycles. The van der Waals surface area contributed by atoms with Gasteiger partial charge in [0, 0.05) is 17.1 Å². The van der Waals surface area contributed by atoms with E-state index in [1.54, 1.807) is 13.8 Å². The number of ether oxygens (including phenoxy) is 2. The van der Waals surface area contributed by atoms with Gasteiger partial charge < -0.3 is 14.8 Å². The number of esters is 1. The summed E-state index contributed by atoms with van der Waals surface area (Å²) in [5, 5.41) is 13.9. The summed E-state index contributed by atoms with van der Waals surface area (Å²) in [6, 6.07) is 9.77. The van der Waals surface area contributed by atoms with Gasteiger partial charge in [-0.2, -0.15) is 0 Å². The second-order valence-electron chi connectivity index (χ2n) is 5.79. The molecule has 1 amide bonds. The second-order valence-corrected chi connectivity index (χ2v) is 6.23. The van der Waals surface area contributed by atoms with Crippen LogP contribution in [0, 0.1) is 10.1 Å². The van der Waals surface area contributed by atoms with Crippen LogP contribution in [0.15, 0.2) is 42.5 Å². The molecule has 0 fully saturated rings. The number of nitrogens with zero attached hydrogens (tertiary/aromatic N) is 1. The third-order valence-corrected chi connectivity index (χ3v) is 3.45. The van der Waals surface area contributed by atoms with Crippen molar-refractivity contribution >= 4 is 29.2 Å². The number of hydrogen-bond acceptors (Lipinski definition) is 6. The predicted molar refractivity (Wildman–Crippen MR) is 98.2 cm³/mol. The Morgan fingerprint density at radius 1 is 1.19 bits per heavy atom. The zero-order valence-corrected chi connectivity index (χ0v) is 15.4. The third kappa shape index (κ3) is 5.96. The molecule has 0 aliphatic rings. The monoisotopic (exact) mass is 392 g/mol. The number of rotatable bonds is 7. The van der Waals surface area contributed by atoms with Crippen LogP contribution in [0.5, 0.6) is 11.5 Å². The molecule has 0 bridgehead atoms. The van der Waals surface area contributed by atoms with Crippen molar-refractivity contribution in [2.75, 3.05) is 6.61 Å². The Kier molecular flexibility index (Phi) is 6.73. The molecule has 2 aromatic rings. The standard InChI is InChI=1S/C18H17ClN2O6/c1-11(2)20-17(22)10-26-18(23)12-3-6-14(7-4-12)27-16-8-5-13(19)9-15(16)21(24)25/h3-9,11H,10H2,1-2H3,(H,20,22). The first-order valence-electron chi connectivity index (χ1n) is 7.94. The van der Waals surface area contributed by atoms with Crippen molar-refractivity contribution in [1.29, 1.82) is 0 Å². The van der Waals surface area contributed by atoms with Crippen molar-refractivity contribution in [2.45, 2.75) is 19.9 Å². The Hall–Kier alpha value is -3.13. The first-order valence-corrected chi connectivity index (χ1v) is 8.32. The van der Waals surface area contributed by atoms with Crippen LogP contribution in [0.1, 0.15) is 24.2 Å². The first kappa shape index (κ1) is 20.2. The van der Waals surface area contributed by atoms with Crippen LogP contribution >= 0.6 is 11.6 Å². The molecule has 2 aromatic carbocycles. The van der Waals surface area contributed by atoms with Crippen molar-refractivity contribution in [3.05, 3.63) is 63.2 Å². The molecule has 8 nitrogen and oxygen atoms in total. The Morgan fingerprint density at radius 3 is 2.44 bits per heavy atom. The van der Waals surface area contributed by atoms with Crippen LogP contribution < -0.4 is 10.1 Å². The molecule has 0 radical (unpaired) electrons. The summed E-state index contributed by atoms with van der Waals surface area (Å²) in [4.78, 5) is 33.9. The number of halogens is 1. The minimum Gasteiger partial charge on any atom is -0.452 e. The highest BCUT2D eigenvalue weighted by Crippen LogP contribution is 2.33. The fraction of sp³-hybridized carbons (Fsp3) is 0.222. The van der Waals surface area contributed by atoms with Gasteiger partial charge >= 0.3 is 11.7 Å². The van der Waals surface area contributed by atoms with Gasteiger partial charge in [-0.25, -0.2) is 4.79 Å². The Labute approximate surface area is 160 Å². The van der Waals surface area contributed by atoms with Crippen LogP contribution in [0.2, 0.25) is 5.02 Å². The van der Waals surface area contributed by atoms with Crippen LogP contribution in [0.4, 0.5) is 5.69 Å². The van der Waals surface area contributed by atoms with E-state index in [1.165, 1.54) is 42.5 Å². The van der Waals surface area contributed by atoms with E-state index in [0.29, 0.717) is 0 Å². The highest BCUT2D eigenvalue weighted by atomic mass is 35.5. The molecule has 2 rings (SSSR count). The van der Waals surface area contributed by atoms with Crippen molar-refractivity contribution in [1.82, 2.24) is 5.32 Å². The molecule has 0 aliphatic heterocycles. The van der Waals surface area contributed by atoms with Gasteiger partial charge in [0.1, 0.15) is 5.75 Å². The number of benzene rings is 2. The molecule has 1 N–H and O–H groups in total. The van der Waals surface area contributed by atoms with Gasteiger partial charge in [0.15, 0.2) is 6.61 Å². The van der Waals surface area contributed by atoms with Crippen molar-refractivity contribution in [2.24, 2.45) is 0 Å². The lowest BCUT2D eigenvalue weighted by molar-refractivity contribution is -0.385. The summed E-state index contributed by atoms with van der Waals surface area (Å²) in [6.07, 6.45) is 0. The van der Waals surface area contributed by atoms with E-state index >= 15 is 0 Å². The number of hydrogen-bond donors (Lipinski definition) is 1. The topological polar surface area (TPSA) is 108 Å². The van der Waals surface area contributed by atoms with Gasteiger partial charge in [0.05, 0.1) is 10.5 Å². The van der Waals surface area contributed by atoms with E-state index in [0.717, 1.165) is 0 Å². The van der Waals surface area contributed by atoms with Gasteiger partial charge in [0.2, 0.25) is 5.75 Å². The van der Waals surface area contributed by atoms with E-state index < -0.39 is 16.8 Å². The van der Waals surface area contributed by atoms with E-state index in [4.69, 9.17) is 21.1 Å². The Bertz CT molecular complexity index is 851. The molecule has 0 atom stereocenters. The summed E-state index contributed by atoms with van der Waals surface area (Å²) in [5.41, 5.74) is -0.0625.